The van der Waals surface area contributed by atoms with Gasteiger partial charge in [-0.2, -0.15) is 0 Å². The molecule has 0 bridgehead atoms. The second-order valence-electron chi connectivity index (χ2n) is 6.28. The molecule has 3 aromatic rings. The lowest BCUT2D eigenvalue weighted by atomic mass is 10.2. The fourth-order valence-electron chi connectivity index (χ4n) is 2.94. The first-order valence-corrected chi connectivity index (χ1v) is 9.22. The molecule has 8 heteroatoms. The normalized spacial score (nSPS) is 12.6. The molecule has 28 heavy (non-hydrogen) atoms. The van der Waals surface area contributed by atoms with Crippen LogP contribution in [0.15, 0.2) is 57.8 Å². The number of nitrogens with one attached hydrogen (secondary N) is 1. The summed E-state index contributed by atoms with van der Waals surface area (Å²) in [6.07, 6.45) is 3.16. The quantitative estimate of drug-likeness (QED) is 0.668. The third-order valence-electron chi connectivity index (χ3n) is 4.24. The molecule has 7 nitrogen and oxygen atoms in total. The Morgan fingerprint density at radius 3 is 2.36 bits per heavy atom. The lowest BCUT2D eigenvalue weighted by Crippen LogP contribution is -2.38. The van der Waals surface area contributed by atoms with Crippen molar-refractivity contribution in [3.05, 3.63) is 71.0 Å². The van der Waals surface area contributed by atoms with Gasteiger partial charge in [-0.05, 0) is 42.0 Å². The van der Waals surface area contributed by atoms with E-state index < -0.39 is 0 Å². The number of hydrogen-bond acceptors (Lipinski definition) is 5. The smallest absolute Gasteiger partial charge is 0.318 e. The van der Waals surface area contributed by atoms with Crippen molar-refractivity contribution in [3.8, 4) is 11.5 Å². The summed E-state index contributed by atoms with van der Waals surface area (Å²) < 4.78 is 21.8. The molecule has 0 radical (unpaired) electrons. The number of furan rings is 2. The van der Waals surface area contributed by atoms with Crippen LogP contribution in [0, 0.1) is 0 Å². The second kappa shape index (κ2) is 8.31. The topological polar surface area (TPSA) is 77.1 Å². The van der Waals surface area contributed by atoms with E-state index in [9.17, 15) is 4.79 Å². The van der Waals surface area contributed by atoms with Crippen LogP contribution in [0.25, 0.3) is 0 Å². The Morgan fingerprint density at radius 1 is 1.04 bits per heavy atom. The second-order valence-corrected chi connectivity index (χ2v) is 6.68. The van der Waals surface area contributed by atoms with Gasteiger partial charge >= 0.3 is 6.03 Å². The predicted octanol–water partition coefficient (Wildman–Crippen LogP) is 4.21. The van der Waals surface area contributed by atoms with Crippen molar-refractivity contribution in [1.29, 1.82) is 0 Å². The number of nitrogens with zero attached hydrogens (tertiary/aromatic N) is 1. The van der Waals surface area contributed by atoms with Crippen LogP contribution in [0.3, 0.4) is 0 Å². The molecule has 0 aliphatic carbocycles. The van der Waals surface area contributed by atoms with Gasteiger partial charge in [-0.3, -0.25) is 0 Å². The molecule has 2 aromatic heterocycles. The largest absolute Gasteiger partial charge is 0.486 e. The molecule has 1 N–H and O–H groups in total. The highest BCUT2D eigenvalue weighted by Crippen LogP contribution is 2.38. The fraction of sp³-hybridized carbons (Fsp3) is 0.250. The number of urea groups is 1. The Labute approximate surface area is 166 Å². The van der Waals surface area contributed by atoms with Crippen molar-refractivity contribution in [1.82, 2.24) is 10.2 Å². The lowest BCUT2D eigenvalue weighted by Gasteiger charge is -2.22. The van der Waals surface area contributed by atoms with E-state index in [0.29, 0.717) is 60.9 Å². The van der Waals surface area contributed by atoms with Crippen molar-refractivity contribution in [3.63, 3.8) is 0 Å². The van der Waals surface area contributed by atoms with E-state index in [-0.39, 0.29) is 6.03 Å². The Morgan fingerprint density at radius 2 is 1.71 bits per heavy atom. The molecule has 1 aromatic carbocycles. The van der Waals surface area contributed by atoms with Gasteiger partial charge in [0.05, 0.1) is 30.6 Å². The fourth-order valence-corrected chi connectivity index (χ4v) is 3.22. The number of carbonyl (C=O) groups excluding carboxylic acids is 1. The number of amides is 2. The maximum Gasteiger partial charge on any atom is 0.318 e. The highest BCUT2D eigenvalue weighted by Gasteiger charge is 2.19. The SMILES string of the molecule is O=C(NCc1cc(Cl)c2c(c1)OCCO2)N(Cc1ccco1)Cc1ccco1. The number of fused-ring (bicyclic) bond motifs is 1. The summed E-state index contributed by atoms with van der Waals surface area (Å²) in [5.74, 6) is 2.50. The number of hydrogen-bond donors (Lipinski definition) is 1. The molecule has 1 aliphatic heterocycles. The summed E-state index contributed by atoms with van der Waals surface area (Å²) in [6, 6.07) is 10.6. The van der Waals surface area contributed by atoms with Crippen LogP contribution in [-0.4, -0.2) is 24.1 Å². The van der Waals surface area contributed by atoms with Crippen molar-refractivity contribution in [2.75, 3.05) is 13.2 Å². The summed E-state index contributed by atoms with van der Waals surface area (Å²) in [5.41, 5.74) is 0.818. The average Bonchev–Trinajstić information content (AvgIpc) is 3.40. The van der Waals surface area contributed by atoms with Crippen LogP contribution >= 0.6 is 11.6 Å². The molecule has 0 saturated heterocycles. The predicted molar refractivity (Wildman–Crippen MR) is 101 cm³/mol. The van der Waals surface area contributed by atoms with E-state index in [1.54, 1.807) is 35.6 Å². The molecule has 0 saturated carbocycles. The highest BCUT2D eigenvalue weighted by atomic mass is 35.5. The molecular weight excluding hydrogens is 384 g/mol. The molecule has 2 amide bonds. The number of carbonyl (C=O) groups is 1. The van der Waals surface area contributed by atoms with E-state index in [2.05, 4.69) is 5.32 Å². The zero-order chi connectivity index (χ0) is 19.3. The molecule has 0 spiro atoms. The van der Waals surface area contributed by atoms with Crippen LogP contribution in [0.5, 0.6) is 11.5 Å². The Hall–Kier alpha value is -3.06. The van der Waals surface area contributed by atoms with Gasteiger partial charge < -0.3 is 28.5 Å². The van der Waals surface area contributed by atoms with Gasteiger partial charge in [-0.25, -0.2) is 4.79 Å². The summed E-state index contributed by atoms with van der Waals surface area (Å²) >= 11 is 6.26. The van der Waals surface area contributed by atoms with Crippen LogP contribution in [-0.2, 0) is 19.6 Å². The standard InChI is InChI=1S/C20H19ClN2O5/c21-17-9-14(10-18-19(17)28-8-7-27-18)11-22-20(24)23(12-15-3-1-5-25-15)13-16-4-2-6-26-16/h1-6,9-10H,7-8,11-13H2,(H,22,24). The number of halogens is 1. The van der Waals surface area contributed by atoms with Crippen LogP contribution in [0.2, 0.25) is 5.02 Å². The Bertz CT molecular complexity index is 888. The van der Waals surface area contributed by atoms with Crippen molar-refractivity contribution >= 4 is 17.6 Å². The van der Waals surface area contributed by atoms with Crippen LogP contribution in [0.1, 0.15) is 17.1 Å². The van der Waals surface area contributed by atoms with Gasteiger partial charge in [0.15, 0.2) is 11.5 Å². The van der Waals surface area contributed by atoms with E-state index in [0.717, 1.165) is 5.56 Å². The van der Waals surface area contributed by atoms with Gasteiger partial charge in [-0.1, -0.05) is 11.6 Å². The van der Waals surface area contributed by atoms with Gasteiger partial charge in [0, 0.05) is 6.54 Å². The minimum atomic E-state index is -0.251. The molecule has 0 unspecified atom stereocenters. The molecule has 1 aliphatic rings. The first kappa shape index (κ1) is 18.3. The van der Waals surface area contributed by atoms with Crippen molar-refractivity contribution in [2.24, 2.45) is 0 Å². The maximum absolute atomic E-state index is 12.8. The van der Waals surface area contributed by atoms with Crippen LogP contribution < -0.4 is 14.8 Å². The monoisotopic (exact) mass is 402 g/mol. The zero-order valence-corrected chi connectivity index (χ0v) is 15.8. The minimum Gasteiger partial charge on any atom is -0.486 e. The molecule has 0 atom stereocenters. The number of ether oxygens (including phenoxy) is 2. The third kappa shape index (κ3) is 4.26. The van der Waals surface area contributed by atoms with Gasteiger partial charge in [0.1, 0.15) is 24.7 Å². The average molecular weight is 403 g/mol. The number of rotatable bonds is 6. The molecule has 146 valence electrons. The van der Waals surface area contributed by atoms with E-state index in [1.165, 1.54) is 0 Å². The lowest BCUT2D eigenvalue weighted by molar-refractivity contribution is 0.171. The number of benzene rings is 1. The summed E-state index contributed by atoms with van der Waals surface area (Å²) in [4.78, 5) is 14.4. The Balaban J connectivity index is 1.44. The molecule has 0 fully saturated rings. The minimum absolute atomic E-state index is 0.251. The van der Waals surface area contributed by atoms with Crippen molar-refractivity contribution in [2.45, 2.75) is 19.6 Å². The maximum atomic E-state index is 12.8. The van der Waals surface area contributed by atoms with E-state index in [4.69, 9.17) is 29.9 Å². The van der Waals surface area contributed by atoms with E-state index in [1.807, 2.05) is 18.2 Å². The summed E-state index contributed by atoms with van der Waals surface area (Å²) in [5, 5.41) is 3.37. The Kier molecular flexibility index (Phi) is 5.43. The van der Waals surface area contributed by atoms with Gasteiger partial charge in [0.25, 0.3) is 0 Å². The zero-order valence-electron chi connectivity index (χ0n) is 15.0. The summed E-state index contributed by atoms with van der Waals surface area (Å²) in [7, 11) is 0. The van der Waals surface area contributed by atoms with Crippen molar-refractivity contribution < 1.29 is 23.1 Å². The van der Waals surface area contributed by atoms with Crippen LogP contribution in [0.4, 0.5) is 4.79 Å². The third-order valence-corrected chi connectivity index (χ3v) is 4.52. The van der Waals surface area contributed by atoms with Gasteiger partial charge in [0.2, 0.25) is 0 Å². The van der Waals surface area contributed by atoms with E-state index >= 15 is 0 Å². The molecular formula is C20H19ClN2O5. The first-order valence-electron chi connectivity index (χ1n) is 8.84. The highest BCUT2D eigenvalue weighted by molar-refractivity contribution is 6.32. The summed E-state index contributed by atoms with van der Waals surface area (Å²) in [6.45, 7) is 1.88. The molecule has 4 rings (SSSR count). The van der Waals surface area contributed by atoms with Gasteiger partial charge in [-0.15, -0.1) is 0 Å². The first-order chi connectivity index (χ1) is 13.7. The molecule has 3 heterocycles.